The van der Waals surface area contributed by atoms with Gasteiger partial charge in [-0.05, 0) is 18.2 Å². The van der Waals surface area contributed by atoms with Gasteiger partial charge in [-0.2, -0.15) is 0 Å². The number of benzene rings is 2. The molecule has 0 aliphatic rings. The van der Waals surface area contributed by atoms with Crippen LogP contribution < -0.4 is 13.8 Å². The molecule has 0 N–H and O–H groups in total. The van der Waals surface area contributed by atoms with Crippen LogP contribution in [0.4, 0.5) is 5.69 Å². The minimum absolute atomic E-state index is 0.298. The van der Waals surface area contributed by atoms with Gasteiger partial charge in [0.15, 0.2) is 0 Å². The zero-order valence-electron chi connectivity index (χ0n) is 15.9. The molecule has 27 heavy (non-hydrogen) atoms. The summed E-state index contributed by atoms with van der Waals surface area (Å²) in [5.41, 5.74) is 1.15. The lowest BCUT2D eigenvalue weighted by molar-refractivity contribution is -0.128. The molecule has 0 spiro atoms. The molecule has 0 atom stereocenters. The Morgan fingerprint density at radius 1 is 0.963 bits per heavy atom. The number of nitrogens with zero attached hydrogens (tertiary/aromatic N) is 2. The van der Waals surface area contributed by atoms with Crippen LogP contribution in [0, 0.1) is 0 Å². The molecule has 2 rings (SSSR count). The van der Waals surface area contributed by atoms with Gasteiger partial charge in [0.2, 0.25) is 15.9 Å². The van der Waals surface area contributed by atoms with Gasteiger partial charge in [-0.3, -0.25) is 9.10 Å². The third-order valence-electron chi connectivity index (χ3n) is 4.06. The van der Waals surface area contributed by atoms with Gasteiger partial charge in [0.25, 0.3) is 0 Å². The molecule has 8 heteroatoms. The second-order valence-corrected chi connectivity index (χ2v) is 7.91. The summed E-state index contributed by atoms with van der Waals surface area (Å²) >= 11 is 0. The van der Waals surface area contributed by atoms with Gasteiger partial charge < -0.3 is 14.4 Å². The van der Waals surface area contributed by atoms with E-state index in [9.17, 15) is 13.2 Å². The number of sulfonamides is 1. The van der Waals surface area contributed by atoms with Crippen LogP contribution in [0.1, 0.15) is 5.56 Å². The third-order valence-corrected chi connectivity index (χ3v) is 5.19. The van der Waals surface area contributed by atoms with E-state index in [0.717, 1.165) is 16.1 Å². The van der Waals surface area contributed by atoms with Gasteiger partial charge >= 0.3 is 0 Å². The lowest BCUT2D eigenvalue weighted by atomic mass is 10.2. The van der Waals surface area contributed by atoms with Crippen molar-refractivity contribution in [2.75, 3.05) is 38.4 Å². The number of hydrogen-bond donors (Lipinski definition) is 0. The first-order chi connectivity index (χ1) is 12.8. The maximum absolute atomic E-state index is 12.7. The summed E-state index contributed by atoms with van der Waals surface area (Å²) in [6, 6.07) is 14.1. The fourth-order valence-electron chi connectivity index (χ4n) is 2.64. The van der Waals surface area contributed by atoms with Crippen LogP contribution in [0.3, 0.4) is 0 Å². The topological polar surface area (TPSA) is 76.2 Å². The second kappa shape index (κ2) is 8.77. The lowest BCUT2D eigenvalue weighted by Gasteiger charge is -2.26. The first-order valence-electron chi connectivity index (χ1n) is 8.24. The third kappa shape index (κ3) is 5.13. The van der Waals surface area contributed by atoms with E-state index in [1.165, 1.54) is 12.0 Å². The monoisotopic (exact) mass is 392 g/mol. The van der Waals surface area contributed by atoms with Crippen LogP contribution in [0.5, 0.6) is 11.5 Å². The van der Waals surface area contributed by atoms with Crippen LogP contribution in [0.2, 0.25) is 0 Å². The normalized spacial score (nSPS) is 11.0. The minimum Gasteiger partial charge on any atom is -0.496 e. The van der Waals surface area contributed by atoms with Gasteiger partial charge in [-0.15, -0.1) is 0 Å². The molecule has 0 unspecified atom stereocenters. The molecule has 0 heterocycles. The lowest BCUT2D eigenvalue weighted by Crippen LogP contribution is -2.41. The van der Waals surface area contributed by atoms with Crippen molar-refractivity contribution < 1.29 is 22.7 Å². The Bertz CT molecular complexity index is 898. The smallest absolute Gasteiger partial charge is 0.243 e. The van der Waals surface area contributed by atoms with Crippen LogP contribution in [-0.2, 0) is 21.4 Å². The van der Waals surface area contributed by atoms with Gasteiger partial charge in [-0.1, -0.05) is 30.3 Å². The SMILES string of the molecule is COc1ccccc1CN(C)C(=O)CN(c1ccccc1OC)S(C)(=O)=O. The zero-order chi connectivity index (χ0) is 20.0. The van der Waals surface area contributed by atoms with E-state index < -0.39 is 10.0 Å². The van der Waals surface area contributed by atoms with E-state index in [1.807, 2.05) is 24.3 Å². The van der Waals surface area contributed by atoms with Crippen molar-refractivity contribution in [2.45, 2.75) is 6.54 Å². The molecular weight excluding hydrogens is 368 g/mol. The first-order valence-corrected chi connectivity index (χ1v) is 10.1. The number of para-hydroxylation sites is 3. The Morgan fingerprint density at radius 3 is 2.11 bits per heavy atom. The molecule has 2 aromatic rings. The van der Waals surface area contributed by atoms with E-state index in [-0.39, 0.29) is 12.5 Å². The van der Waals surface area contributed by atoms with Crippen molar-refractivity contribution in [2.24, 2.45) is 0 Å². The summed E-state index contributed by atoms with van der Waals surface area (Å²) < 4.78 is 36.2. The summed E-state index contributed by atoms with van der Waals surface area (Å²) in [5.74, 6) is 0.696. The minimum atomic E-state index is -3.68. The molecule has 0 aliphatic carbocycles. The maximum atomic E-state index is 12.7. The first kappa shape index (κ1) is 20.6. The average molecular weight is 392 g/mol. The quantitative estimate of drug-likeness (QED) is 0.688. The standard InChI is InChI=1S/C19H24N2O5S/c1-20(13-15-9-5-7-11-17(15)25-2)19(22)14-21(27(4,23)24)16-10-6-8-12-18(16)26-3/h5-12H,13-14H2,1-4H3. The molecule has 7 nitrogen and oxygen atoms in total. The molecule has 0 bridgehead atoms. The molecule has 1 amide bonds. The number of ether oxygens (including phenoxy) is 2. The van der Waals surface area contributed by atoms with Crippen molar-refractivity contribution in [1.82, 2.24) is 4.90 Å². The summed E-state index contributed by atoms with van der Waals surface area (Å²) in [6.07, 6.45) is 1.06. The van der Waals surface area contributed by atoms with Gasteiger partial charge in [0.05, 0.1) is 26.2 Å². The number of rotatable bonds is 8. The predicted octanol–water partition coefficient (Wildman–Crippen LogP) is 2.13. The predicted molar refractivity (Wildman–Crippen MR) is 105 cm³/mol. The van der Waals surface area contributed by atoms with Crippen molar-refractivity contribution >= 4 is 21.6 Å². The van der Waals surface area contributed by atoms with Crippen molar-refractivity contribution in [3.63, 3.8) is 0 Å². The number of likely N-dealkylation sites (N-methyl/N-ethyl adjacent to an activating group) is 1. The van der Waals surface area contributed by atoms with Gasteiger partial charge in [0.1, 0.15) is 18.0 Å². The maximum Gasteiger partial charge on any atom is 0.243 e. The Kier molecular flexibility index (Phi) is 6.68. The Hall–Kier alpha value is -2.74. The summed E-state index contributed by atoms with van der Waals surface area (Å²) in [6.45, 7) is -0.0305. The van der Waals surface area contributed by atoms with Crippen LogP contribution in [-0.4, -0.2) is 53.3 Å². The molecule has 2 aromatic carbocycles. The Balaban J connectivity index is 2.23. The van der Waals surface area contributed by atoms with Crippen molar-refractivity contribution in [3.05, 3.63) is 54.1 Å². The second-order valence-electron chi connectivity index (χ2n) is 6.00. The van der Waals surface area contributed by atoms with E-state index in [2.05, 4.69) is 0 Å². The Morgan fingerprint density at radius 2 is 1.52 bits per heavy atom. The molecule has 0 saturated carbocycles. The van der Waals surface area contributed by atoms with Crippen LogP contribution in [0.25, 0.3) is 0 Å². The molecule has 0 aliphatic heterocycles. The molecular formula is C19H24N2O5S. The number of hydrogen-bond acceptors (Lipinski definition) is 5. The van der Waals surface area contributed by atoms with Crippen molar-refractivity contribution in [1.29, 1.82) is 0 Å². The van der Waals surface area contributed by atoms with Crippen LogP contribution >= 0.6 is 0 Å². The fraction of sp³-hybridized carbons (Fsp3) is 0.316. The van der Waals surface area contributed by atoms with Gasteiger partial charge in [-0.25, -0.2) is 8.42 Å². The highest BCUT2D eigenvalue weighted by atomic mass is 32.2. The number of anilines is 1. The summed E-state index contributed by atoms with van der Waals surface area (Å²) in [5, 5.41) is 0. The van der Waals surface area contributed by atoms with E-state index in [1.54, 1.807) is 38.4 Å². The van der Waals surface area contributed by atoms with E-state index >= 15 is 0 Å². The molecule has 0 saturated heterocycles. The van der Waals surface area contributed by atoms with E-state index in [4.69, 9.17) is 9.47 Å². The molecule has 0 aromatic heterocycles. The number of carbonyl (C=O) groups excluding carboxylic acids is 1. The highest BCUT2D eigenvalue weighted by molar-refractivity contribution is 7.92. The van der Waals surface area contributed by atoms with E-state index in [0.29, 0.717) is 23.7 Å². The fourth-order valence-corrected chi connectivity index (χ4v) is 3.49. The van der Waals surface area contributed by atoms with Gasteiger partial charge in [0, 0.05) is 19.2 Å². The van der Waals surface area contributed by atoms with Crippen LogP contribution in [0.15, 0.2) is 48.5 Å². The molecule has 146 valence electrons. The largest absolute Gasteiger partial charge is 0.496 e. The summed E-state index contributed by atoms with van der Waals surface area (Å²) in [7, 11) is 0.955. The highest BCUT2D eigenvalue weighted by Gasteiger charge is 2.25. The number of amides is 1. The molecule has 0 radical (unpaired) electrons. The summed E-state index contributed by atoms with van der Waals surface area (Å²) in [4.78, 5) is 14.2. The number of carbonyl (C=O) groups is 1. The van der Waals surface area contributed by atoms with Crippen molar-refractivity contribution in [3.8, 4) is 11.5 Å². The highest BCUT2D eigenvalue weighted by Crippen LogP contribution is 2.29. The average Bonchev–Trinajstić information content (AvgIpc) is 2.65. The Labute approximate surface area is 160 Å². The zero-order valence-corrected chi connectivity index (χ0v) is 16.7. The molecule has 0 fully saturated rings. The number of methoxy groups -OCH3 is 2.